The number of nitrogens with zero attached hydrogens (tertiary/aromatic N) is 1. The Labute approximate surface area is 107 Å². The Bertz CT molecular complexity index is 413. The fraction of sp³-hybridized carbons (Fsp3) is 0.333. The van der Waals surface area contributed by atoms with E-state index in [1.54, 1.807) is 0 Å². The number of pyridine rings is 1. The first-order valence-electron chi connectivity index (χ1n) is 4.13. The third kappa shape index (κ3) is 2.76. The van der Waals surface area contributed by atoms with Crippen LogP contribution in [0.3, 0.4) is 0 Å². The molecule has 16 heavy (non-hydrogen) atoms. The van der Waals surface area contributed by atoms with Gasteiger partial charge in [-0.05, 0) is 22.0 Å². The first-order valence-corrected chi connectivity index (χ1v) is 6.04. The van der Waals surface area contributed by atoms with E-state index >= 15 is 0 Å². The van der Waals surface area contributed by atoms with Crippen molar-refractivity contribution in [1.82, 2.24) is 4.98 Å². The minimum Gasteiger partial charge on any atom is -0.464 e. The van der Waals surface area contributed by atoms with Crippen LogP contribution in [0, 0.1) is 0 Å². The second kappa shape index (κ2) is 5.67. The van der Waals surface area contributed by atoms with Gasteiger partial charge in [-0.3, -0.25) is 0 Å². The van der Waals surface area contributed by atoms with Crippen molar-refractivity contribution >= 4 is 37.8 Å². The average Bonchev–Trinajstić information content (AvgIpc) is 2.27. The van der Waals surface area contributed by atoms with Crippen molar-refractivity contribution in [2.45, 2.75) is 11.8 Å². The van der Waals surface area contributed by atoms with Crippen molar-refractivity contribution in [3.05, 3.63) is 27.5 Å². The monoisotopic (exact) mass is 357 g/mol. The Hall–Kier alpha value is -0.560. The number of methoxy groups -OCH3 is 1. The van der Waals surface area contributed by atoms with Crippen LogP contribution in [-0.2, 0) is 10.1 Å². The van der Waals surface area contributed by atoms with Gasteiger partial charge in [-0.2, -0.15) is 0 Å². The minimum absolute atomic E-state index is 0.0126. The first-order chi connectivity index (χ1) is 7.51. The maximum absolute atomic E-state index is 12.6. The molecule has 0 N–H and O–H groups in total. The predicted octanol–water partition coefficient (Wildman–Crippen LogP) is 3.46. The largest absolute Gasteiger partial charge is 0.464 e. The van der Waals surface area contributed by atoms with Crippen LogP contribution in [0.4, 0.5) is 8.78 Å². The first kappa shape index (κ1) is 13.5. The lowest BCUT2D eigenvalue weighted by Gasteiger charge is -2.09. The minimum atomic E-state index is -2.64. The molecule has 1 rings (SSSR count). The summed E-state index contributed by atoms with van der Waals surface area (Å²) in [6.07, 6.45) is -2.64. The van der Waals surface area contributed by atoms with Crippen LogP contribution in [0.15, 0.2) is 10.5 Å². The summed E-state index contributed by atoms with van der Waals surface area (Å²) < 4.78 is 29.9. The van der Waals surface area contributed by atoms with E-state index in [0.717, 1.165) is 0 Å². The van der Waals surface area contributed by atoms with Gasteiger partial charge >= 0.3 is 5.97 Å². The molecule has 1 heterocycles. The van der Waals surface area contributed by atoms with Gasteiger partial charge in [0.25, 0.3) is 6.43 Å². The lowest BCUT2D eigenvalue weighted by atomic mass is 10.2. The quantitative estimate of drug-likeness (QED) is 0.613. The fourth-order valence-corrected chi connectivity index (χ4v) is 2.02. The molecule has 88 valence electrons. The van der Waals surface area contributed by atoms with E-state index in [1.807, 2.05) is 0 Å². The molecule has 0 saturated carbocycles. The van der Waals surface area contributed by atoms with Crippen LogP contribution in [0.1, 0.15) is 28.2 Å². The molecule has 0 fully saturated rings. The number of ether oxygens (including phenoxy) is 1. The summed E-state index contributed by atoms with van der Waals surface area (Å²) >= 11 is 6.05. The van der Waals surface area contributed by atoms with Gasteiger partial charge in [-0.1, -0.05) is 15.9 Å². The predicted molar refractivity (Wildman–Crippen MR) is 60.9 cm³/mol. The molecule has 0 saturated heterocycles. The highest BCUT2D eigenvalue weighted by molar-refractivity contribution is 9.10. The lowest BCUT2D eigenvalue weighted by molar-refractivity contribution is 0.0592. The molecule has 0 atom stereocenters. The highest BCUT2D eigenvalue weighted by atomic mass is 79.9. The van der Waals surface area contributed by atoms with Crippen molar-refractivity contribution in [2.24, 2.45) is 0 Å². The molecule has 0 aliphatic rings. The van der Waals surface area contributed by atoms with Crippen LogP contribution in [0.5, 0.6) is 0 Å². The Morgan fingerprint density at radius 3 is 2.69 bits per heavy atom. The second-order valence-electron chi connectivity index (χ2n) is 2.78. The molecule has 0 unspecified atom stereocenters. The molecule has 0 radical (unpaired) electrons. The number of alkyl halides is 3. The number of hydrogen-bond donors (Lipinski definition) is 0. The number of hydrogen-bond acceptors (Lipinski definition) is 3. The van der Waals surface area contributed by atoms with Gasteiger partial charge < -0.3 is 4.74 Å². The Balaban J connectivity index is 3.31. The van der Waals surface area contributed by atoms with E-state index in [1.165, 1.54) is 13.2 Å². The standard InChI is InChI=1S/C9H7Br2F2NO2/c1-16-9(15)7-5(11)2-4(8(12)13)6(3-10)14-7/h2,8H,3H2,1H3. The number of esters is 1. The molecular formula is C9H7Br2F2NO2. The lowest BCUT2D eigenvalue weighted by Crippen LogP contribution is -2.09. The van der Waals surface area contributed by atoms with Gasteiger partial charge in [0.05, 0.1) is 17.3 Å². The molecule has 0 amide bonds. The zero-order chi connectivity index (χ0) is 12.3. The van der Waals surface area contributed by atoms with Gasteiger partial charge in [-0.15, -0.1) is 0 Å². The molecule has 3 nitrogen and oxygen atoms in total. The molecule has 0 aromatic carbocycles. The van der Waals surface area contributed by atoms with E-state index < -0.39 is 12.4 Å². The van der Waals surface area contributed by atoms with E-state index in [2.05, 4.69) is 41.6 Å². The van der Waals surface area contributed by atoms with Crippen molar-refractivity contribution in [3.63, 3.8) is 0 Å². The number of halogens is 4. The summed E-state index contributed by atoms with van der Waals surface area (Å²) in [6.45, 7) is 0. The van der Waals surface area contributed by atoms with E-state index in [0.29, 0.717) is 0 Å². The maximum Gasteiger partial charge on any atom is 0.357 e. The number of carbonyl (C=O) groups is 1. The van der Waals surface area contributed by atoms with Gasteiger partial charge in [0.1, 0.15) is 0 Å². The van der Waals surface area contributed by atoms with Gasteiger partial charge in [0.2, 0.25) is 0 Å². The second-order valence-corrected chi connectivity index (χ2v) is 4.20. The van der Waals surface area contributed by atoms with Crippen molar-refractivity contribution < 1.29 is 18.3 Å². The summed E-state index contributed by atoms with van der Waals surface area (Å²) in [5.41, 5.74) is -0.101. The molecule has 0 bridgehead atoms. The van der Waals surface area contributed by atoms with Crippen molar-refractivity contribution in [2.75, 3.05) is 7.11 Å². The van der Waals surface area contributed by atoms with Gasteiger partial charge in [-0.25, -0.2) is 18.6 Å². The Morgan fingerprint density at radius 1 is 1.62 bits per heavy atom. The number of rotatable bonds is 3. The summed E-state index contributed by atoms with van der Waals surface area (Å²) in [6, 6.07) is 1.18. The third-order valence-corrected chi connectivity index (χ3v) is 2.96. The van der Waals surface area contributed by atoms with E-state index in [-0.39, 0.29) is 26.8 Å². The third-order valence-electron chi connectivity index (χ3n) is 1.83. The average molecular weight is 359 g/mol. The smallest absolute Gasteiger partial charge is 0.357 e. The van der Waals surface area contributed by atoms with Gasteiger partial charge in [0.15, 0.2) is 5.69 Å². The van der Waals surface area contributed by atoms with E-state index in [9.17, 15) is 13.6 Å². The number of carbonyl (C=O) groups excluding carboxylic acids is 1. The van der Waals surface area contributed by atoms with Crippen LogP contribution < -0.4 is 0 Å². The van der Waals surface area contributed by atoms with Crippen LogP contribution in [0.25, 0.3) is 0 Å². The van der Waals surface area contributed by atoms with Crippen LogP contribution in [-0.4, -0.2) is 18.1 Å². The van der Waals surface area contributed by atoms with Crippen molar-refractivity contribution in [1.29, 1.82) is 0 Å². The zero-order valence-corrected chi connectivity index (χ0v) is 11.3. The topological polar surface area (TPSA) is 39.2 Å². The summed E-state index contributed by atoms with van der Waals surface area (Å²) in [5, 5.41) is 0.143. The van der Waals surface area contributed by atoms with Gasteiger partial charge in [0, 0.05) is 10.9 Å². The highest BCUT2D eigenvalue weighted by Crippen LogP contribution is 2.28. The highest BCUT2D eigenvalue weighted by Gasteiger charge is 2.20. The molecule has 7 heteroatoms. The molecule has 1 aromatic rings. The maximum atomic E-state index is 12.6. The fourth-order valence-electron chi connectivity index (χ4n) is 1.08. The SMILES string of the molecule is COC(=O)c1nc(CBr)c(C(F)F)cc1Br. The molecule has 0 aliphatic carbocycles. The zero-order valence-electron chi connectivity index (χ0n) is 8.14. The van der Waals surface area contributed by atoms with Crippen LogP contribution >= 0.6 is 31.9 Å². The molecular weight excluding hydrogens is 352 g/mol. The number of aromatic nitrogens is 1. The molecule has 0 aliphatic heterocycles. The summed E-state index contributed by atoms with van der Waals surface area (Å²) in [4.78, 5) is 15.1. The van der Waals surface area contributed by atoms with Crippen LogP contribution in [0.2, 0.25) is 0 Å². The Morgan fingerprint density at radius 2 is 2.25 bits per heavy atom. The Kier molecular flexibility index (Phi) is 4.79. The van der Waals surface area contributed by atoms with E-state index in [4.69, 9.17) is 0 Å². The molecule has 0 spiro atoms. The molecule has 1 aromatic heterocycles. The summed E-state index contributed by atoms with van der Waals surface area (Å²) in [7, 11) is 1.20. The van der Waals surface area contributed by atoms with Crippen molar-refractivity contribution in [3.8, 4) is 0 Å². The summed E-state index contributed by atoms with van der Waals surface area (Å²) in [5.74, 6) is -0.671. The normalized spacial score (nSPS) is 10.6.